The summed E-state index contributed by atoms with van der Waals surface area (Å²) in [5.74, 6) is 1.000. The number of allylic oxidation sites excluding steroid dienone is 2. The molecule has 0 N–H and O–H groups in total. The summed E-state index contributed by atoms with van der Waals surface area (Å²) >= 11 is 0. The average Bonchev–Trinajstić information content (AvgIpc) is 2.37. The van der Waals surface area contributed by atoms with Gasteiger partial charge in [-0.3, -0.25) is 0 Å². The van der Waals surface area contributed by atoms with E-state index in [4.69, 9.17) is 0 Å². The Kier molecular flexibility index (Phi) is 2.98. The minimum atomic E-state index is 1.000. The van der Waals surface area contributed by atoms with Gasteiger partial charge < -0.3 is 0 Å². The van der Waals surface area contributed by atoms with Gasteiger partial charge in [-0.25, -0.2) is 0 Å². The fraction of sp³-hybridized carbons (Fsp3) is 0.800. The molecule has 0 fully saturated rings. The number of hydrogen-bond donors (Lipinski definition) is 0. The predicted molar refractivity (Wildman–Crippen MR) is 46.0 cm³/mol. The second-order valence-electron chi connectivity index (χ2n) is 3.31. The highest BCUT2D eigenvalue weighted by Gasteiger charge is 2.13. The van der Waals surface area contributed by atoms with Gasteiger partial charge in [0.25, 0.3) is 0 Å². The molecule has 0 aliphatic heterocycles. The summed E-state index contributed by atoms with van der Waals surface area (Å²) in [6, 6.07) is 0. The molecule has 0 aromatic rings. The highest BCUT2D eigenvalue weighted by atomic mass is 14.2. The van der Waals surface area contributed by atoms with Crippen molar-refractivity contribution < 1.29 is 0 Å². The molecule has 0 bridgehead atoms. The topological polar surface area (TPSA) is 0 Å². The van der Waals surface area contributed by atoms with Gasteiger partial charge in [0, 0.05) is 0 Å². The van der Waals surface area contributed by atoms with E-state index in [1.807, 2.05) is 0 Å². The summed E-state index contributed by atoms with van der Waals surface area (Å²) in [5.41, 5.74) is 1.69. The van der Waals surface area contributed by atoms with Gasteiger partial charge in [-0.2, -0.15) is 0 Å². The van der Waals surface area contributed by atoms with Crippen LogP contribution in [0.5, 0.6) is 0 Å². The van der Waals surface area contributed by atoms with Crippen LogP contribution in [-0.4, -0.2) is 0 Å². The van der Waals surface area contributed by atoms with Crippen molar-refractivity contribution in [1.82, 2.24) is 0 Å². The van der Waals surface area contributed by atoms with Crippen LogP contribution in [0.15, 0.2) is 11.6 Å². The van der Waals surface area contributed by atoms with E-state index in [2.05, 4.69) is 19.9 Å². The number of rotatable bonds is 3. The van der Waals surface area contributed by atoms with Gasteiger partial charge in [0.05, 0.1) is 0 Å². The standard InChI is InChI=1S/C10H18/c1-3-5-10-7-6-9(4-2)8-10/h6,10H,3-5,7-8H2,1-2H3/t10-/m1/s1. The predicted octanol–water partition coefficient (Wildman–Crippen LogP) is 3.53. The molecule has 0 nitrogen and oxygen atoms in total. The molecule has 0 heteroatoms. The quantitative estimate of drug-likeness (QED) is 0.523. The van der Waals surface area contributed by atoms with Gasteiger partial charge in [-0.1, -0.05) is 38.3 Å². The molecule has 0 saturated carbocycles. The van der Waals surface area contributed by atoms with E-state index >= 15 is 0 Å². The SMILES string of the molecule is CCC[C@@H]1CC=C(CC)C1. The third-order valence-electron chi connectivity index (χ3n) is 2.44. The zero-order valence-electron chi connectivity index (χ0n) is 7.19. The Morgan fingerprint density at radius 3 is 2.80 bits per heavy atom. The van der Waals surface area contributed by atoms with Gasteiger partial charge in [0.1, 0.15) is 0 Å². The van der Waals surface area contributed by atoms with E-state index in [1.54, 1.807) is 5.57 Å². The fourth-order valence-electron chi connectivity index (χ4n) is 1.79. The average molecular weight is 138 g/mol. The highest BCUT2D eigenvalue weighted by Crippen LogP contribution is 2.29. The third-order valence-corrected chi connectivity index (χ3v) is 2.44. The van der Waals surface area contributed by atoms with Gasteiger partial charge in [-0.05, 0) is 25.2 Å². The van der Waals surface area contributed by atoms with E-state index in [-0.39, 0.29) is 0 Å². The minimum absolute atomic E-state index is 1.000. The zero-order chi connectivity index (χ0) is 7.40. The molecule has 0 amide bonds. The molecule has 10 heavy (non-hydrogen) atoms. The van der Waals surface area contributed by atoms with Crippen molar-refractivity contribution >= 4 is 0 Å². The Morgan fingerprint density at radius 2 is 2.30 bits per heavy atom. The molecule has 0 radical (unpaired) electrons. The zero-order valence-corrected chi connectivity index (χ0v) is 7.19. The molecular formula is C10H18. The van der Waals surface area contributed by atoms with E-state index in [1.165, 1.54) is 32.1 Å². The van der Waals surface area contributed by atoms with Crippen LogP contribution in [0, 0.1) is 5.92 Å². The largest absolute Gasteiger partial charge is 0.0850 e. The van der Waals surface area contributed by atoms with Crippen molar-refractivity contribution in [1.29, 1.82) is 0 Å². The molecule has 1 atom stereocenters. The first-order valence-electron chi connectivity index (χ1n) is 4.54. The first-order chi connectivity index (χ1) is 4.86. The number of hydrogen-bond acceptors (Lipinski definition) is 0. The van der Waals surface area contributed by atoms with Gasteiger partial charge in [0.2, 0.25) is 0 Å². The van der Waals surface area contributed by atoms with Gasteiger partial charge >= 0.3 is 0 Å². The van der Waals surface area contributed by atoms with Gasteiger partial charge in [0.15, 0.2) is 0 Å². The van der Waals surface area contributed by atoms with Crippen molar-refractivity contribution in [2.45, 2.75) is 46.0 Å². The van der Waals surface area contributed by atoms with E-state index in [0.717, 1.165) is 5.92 Å². The maximum atomic E-state index is 2.44. The molecule has 0 heterocycles. The summed E-state index contributed by atoms with van der Waals surface area (Å²) in [6.45, 7) is 4.55. The molecule has 0 aromatic heterocycles. The fourth-order valence-corrected chi connectivity index (χ4v) is 1.79. The Bertz CT molecular complexity index is 122. The van der Waals surface area contributed by atoms with Crippen LogP contribution in [0.3, 0.4) is 0 Å². The Labute approximate surface area is 64.3 Å². The summed E-state index contributed by atoms with van der Waals surface area (Å²) in [7, 11) is 0. The molecule has 1 aliphatic rings. The first kappa shape index (κ1) is 7.84. The summed E-state index contributed by atoms with van der Waals surface area (Å²) < 4.78 is 0. The van der Waals surface area contributed by atoms with Crippen molar-refractivity contribution in [2.75, 3.05) is 0 Å². The summed E-state index contributed by atoms with van der Waals surface area (Å²) in [5, 5.41) is 0. The van der Waals surface area contributed by atoms with Crippen LogP contribution in [0.4, 0.5) is 0 Å². The second kappa shape index (κ2) is 3.80. The van der Waals surface area contributed by atoms with Crippen LogP contribution < -0.4 is 0 Å². The highest BCUT2D eigenvalue weighted by molar-refractivity contribution is 5.09. The maximum Gasteiger partial charge on any atom is -0.0289 e. The molecule has 58 valence electrons. The van der Waals surface area contributed by atoms with E-state index in [9.17, 15) is 0 Å². The summed E-state index contributed by atoms with van der Waals surface area (Å²) in [4.78, 5) is 0. The molecule has 0 saturated heterocycles. The van der Waals surface area contributed by atoms with Crippen LogP contribution in [0.2, 0.25) is 0 Å². The Hall–Kier alpha value is -0.260. The maximum absolute atomic E-state index is 2.44. The molecular weight excluding hydrogens is 120 g/mol. The lowest BCUT2D eigenvalue weighted by Gasteiger charge is -2.06. The summed E-state index contributed by atoms with van der Waals surface area (Å²) in [6.07, 6.45) is 9.26. The lowest BCUT2D eigenvalue weighted by molar-refractivity contribution is 0.505. The lowest BCUT2D eigenvalue weighted by Crippen LogP contribution is -1.92. The molecule has 0 unspecified atom stereocenters. The van der Waals surface area contributed by atoms with E-state index < -0.39 is 0 Å². The lowest BCUT2D eigenvalue weighted by atomic mass is 9.99. The Balaban J connectivity index is 2.22. The first-order valence-corrected chi connectivity index (χ1v) is 4.54. The van der Waals surface area contributed by atoms with Crippen LogP contribution in [0.1, 0.15) is 46.0 Å². The molecule has 1 aliphatic carbocycles. The van der Waals surface area contributed by atoms with Crippen LogP contribution in [0.25, 0.3) is 0 Å². The molecule has 0 spiro atoms. The van der Waals surface area contributed by atoms with Crippen molar-refractivity contribution in [3.8, 4) is 0 Å². The van der Waals surface area contributed by atoms with Crippen molar-refractivity contribution in [3.05, 3.63) is 11.6 Å². The van der Waals surface area contributed by atoms with Crippen LogP contribution >= 0.6 is 0 Å². The Morgan fingerprint density at radius 1 is 1.50 bits per heavy atom. The minimum Gasteiger partial charge on any atom is -0.0850 e. The second-order valence-corrected chi connectivity index (χ2v) is 3.31. The molecule has 0 aromatic carbocycles. The van der Waals surface area contributed by atoms with Crippen molar-refractivity contribution in [2.24, 2.45) is 5.92 Å². The normalized spacial score (nSPS) is 25.0. The third kappa shape index (κ3) is 1.86. The monoisotopic (exact) mass is 138 g/mol. The molecule has 1 rings (SSSR count). The smallest absolute Gasteiger partial charge is 0.0289 e. The van der Waals surface area contributed by atoms with Gasteiger partial charge in [-0.15, -0.1) is 0 Å². The van der Waals surface area contributed by atoms with E-state index in [0.29, 0.717) is 0 Å². The van der Waals surface area contributed by atoms with Crippen LogP contribution in [-0.2, 0) is 0 Å². The van der Waals surface area contributed by atoms with Crippen molar-refractivity contribution in [3.63, 3.8) is 0 Å².